The van der Waals surface area contributed by atoms with Gasteiger partial charge in [0.25, 0.3) is 0 Å². The normalized spacial score (nSPS) is 18.9. The molecule has 1 unspecified atom stereocenters. The zero-order valence-corrected chi connectivity index (χ0v) is 14.1. The highest BCUT2D eigenvalue weighted by Gasteiger charge is 2.39. The predicted molar refractivity (Wildman–Crippen MR) is 87.8 cm³/mol. The Kier molecular flexibility index (Phi) is 3.96. The number of carbonyl (C=O) groups excluding carboxylic acids is 1. The molecule has 5 nitrogen and oxygen atoms in total. The van der Waals surface area contributed by atoms with Crippen molar-refractivity contribution in [2.24, 2.45) is 0 Å². The zero-order chi connectivity index (χ0) is 15.9. The summed E-state index contributed by atoms with van der Waals surface area (Å²) in [5, 5.41) is 1.49. The van der Waals surface area contributed by atoms with Crippen molar-refractivity contribution in [3.63, 3.8) is 0 Å². The molecule has 1 aromatic heterocycles. The summed E-state index contributed by atoms with van der Waals surface area (Å²) in [5.41, 5.74) is 2.88. The van der Waals surface area contributed by atoms with Crippen molar-refractivity contribution in [3.05, 3.63) is 35.2 Å². The summed E-state index contributed by atoms with van der Waals surface area (Å²) in [7, 11) is 1.61. The van der Waals surface area contributed by atoms with Gasteiger partial charge >= 0.3 is 0 Å². The number of thiazole rings is 1. The second kappa shape index (κ2) is 5.64. The second-order valence-corrected chi connectivity index (χ2v) is 8.93. The highest BCUT2D eigenvalue weighted by atomic mass is 35.7. The number of amides is 1. The van der Waals surface area contributed by atoms with Crippen LogP contribution in [0.15, 0.2) is 29.6 Å². The fourth-order valence-electron chi connectivity index (χ4n) is 2.29. The van der Waals surface area contributed by atoms with E-state index in [9.17, 15) is 13.2 Å². The van der Waals surface area contributed by atoms with Gasteiger partial charge in [-0.1, -0.05) is 29.8 Å². The number of nitrogens with zero attached hydrogens (tertiary/aromatic N) is 2. The van der Waals surface area contributed by atoms with Gasteiger partial charge in [0.05, 0.1) is 5.69 Å². The Labute approximate surface area is 137 Å². The maximum absolute atomic E-state index is 12.0. The molecule has 0 N–H and O–H groups in total. The maximum Gasteiger partial charge on any atom is 0.237 e. The van der Waals surface area contributed by atoms with Gasteiger partial charge in [0.2, 0.25) is 15.0 Å². The Bertz CT molecular complexity index is 815. The summed E-state index contributed by atoms with van der Waals surface area (Å²) in [6, 6.07) is 7.91. The lowest BCUT2D eigenvalue weighted by atomic mass is 10.1. The number of carbonyl (C=O) groups is 1. The van der Waals surface area contributed by atoms with E-state index in [2.05, 4.69) is 4.98 Å². The van der Waals surface area contributed by atoms with Crippen molar-refractivity contribution in [2.75, 3.05) is 11.4 Å². The number of aryl methyl sites for hydroxylation is 1. The standard InChI is InChI=1S/C14H13ClN2O3S2/c1-9-2-4-10(5-3-9)12-8-21-14(16-12)17-7-11(6-13(17)18)22(15,19)20/h2-5,8,11H,6-7H2,1H3. The van der Waals surface area contributed by atoms with Crippen LogP contribution in [0.1, 0.15) is 12.0 Å². The van der Waals surface area contributed by atoms with Crippen LogP contribution in [0.3, 0.4) is 0 Å². The fraction of sp³-hybridized carbons (Fsp3) is 0.286. The zero-order valence-electron chi connectivity index (χ0n) is 11.7. The molecule has 0 saturated carbocycles. The van der Waals surface area contributed by atoms with Gasteiger partial charge in [0.15, 0.2) is 5.13 Å². The van der Waals surface area contributed by atoms with Crippen molar-refractivity contribution >= 4 is 42.1 Å². The van der Waals surface area contributed by atoms with Crippen LogP contribution >= 0.6 is 22.0 Å². The molecule has 22 heavy (non-hydrogen) atoms. The van der Waals surface area contributed by atoms with Gasteiger partial charge in [-0.2, -0.15) is 0 Å². The van der Waals surface area contributed by atoms with Gasteiger partial charge in [-0.25, -0.2) is 13.4 Å². The summed E-state index contributed by atoms with van der Waals surface area (Å²) >= 11 is 1.32. The largest absolute Gasteiger partial charge is 0.287 e. The minimum absolute atomic E-state index is 0.0610. The molecule has 1 fully saturated rings. The van der Waals surface area contributed by atoms with Gasteiger partial charge in [-0.15, -0.1) is 11.3 Å². The van der Waals surface area contributed by atoms with Gasteiger partial charge in [0.1, 0.15) is 5.25 Å². The molecule has 3 rings (SSSR count). The first-order valence-corrected chi connectivity index (χ1v) is 9.86. The Morgan fingerprint density at radius 3 is 2.59 bits per heavy atom. The first kappa shape index (κ1) is 15.5. The van der Waals surface area contributed by atoms with E-state index in [0.29, 0.717) is 5.13 Å². The molecule has 0 spiro atoms. The van der Waals surface area contributed by atoms with Crippen molar-refractivity contribution in [1.82, 2.24) is 4.98 Å². The van der Waals surface area contributed by atoms with E-state index >= 15 is 0 Å². The van der Waals surface area contributed by atoms with Crippen LogP contribution < -0.4 is 4.90 Å². The average molecular weight is 357 g/mol. The number of hydrogen-bond donors (Lipinski definition) is 0. The molecule has 0 aliphatic carbocycles. The minimum Gasteiger partial charge on any atom is -0.287 e. The molecule has 1 saturated heterocycles. The second-order valence-electron chi connectivity index (χ2n) is 5.19. The Hall–Kier alpha value is -1.44. The van der Waals surface area contributed by atoms with Crippen molar-refractivity contribution in [2.45, 2.75) is 18.6 Å². The van der Waals surface area contributed by atoms with Gasteiger partial charge in [-0.05, 0) is 6.92 Å². The number of benzene rings is 1. The van der Waals surface area contributed by atoms with E-state index in [1.807, 2.05) is 36.6 Å². The molecule has 1 amide bonds. The lowest BCUT2D eigenvalue weighted by Gasteiger charge is -2.11. The van der Waals surface area contributed by atoms with Crippen LogP contribution in [0.5, 0.6) is 0 Å². The van der Waals surface area contributed by atoms with Crippen LogP contribution in [0, 0.1) is 6.92 Å². The third kappa shape index (κ3) is 3.02. The smallest absolute Gasteiger partial charge is 0.237 e. The van der Waals surface area contributed by atoms with E-state index in [0.717, 1.165) is 16.8 Å². The number of anilines is 1. The number of rotatable bonds is 3. The molecule has 0 bridgehead atoms. The monoisotopic (exact) mass is 356 g/mol. The van der Waals surface area contributed by atoms with Gasteiger partial charge in [0, 0.05) is 34.6 Å². The molecule has 116 valence electrons. The lowest BCUT2D eigenvalue weighted by Crippen LogP contribution is -2.26. The van der Waals surface area contributed by atoms with Crippen molar-refractivity contribution in [1.29, 1.82) is 0 Å². The van der Waals surface area contributed by atoms with Gasteiger partial charge in [-0.3, -0.25) is 9.69 Å². The molecular weight excluding hydrogens is 344 g/mol. The molecule has 1 atom stereocenters. The Morgan fingerprint density at radius 2 is 2.00 bits per heavy atom. The molecule has 1 aliphatic heterocycles. The lowest BCUT2D eigenvalue weighted by molar-refractivity contribution is -0.117. The van der Waals surface area contributed by atoms with E-state index in [1.54, 1.807) is 0 Å². The van der Waals surface area contributed by atoms with Gasteiger partial charge < -0.3 is 0 Å². The summed E-state index contributed by atoms with van der Waals surface area (Å²) in [4.78, 5) is 17.8. The third-order valence-corrected chi connectivity index (χ3v) is 6.29. The molecule has 1 aromatic carbocycles. The Morgan fingerprint density at radius 1 is 1.32 bits per heavy atom. The first-order valence-electron chi connectivity index (χ1n) is 6.61. The van der Waals surface area contributed by atoms with Crippen LogP contribution in [0.2, 0.25) is 0 Å². The van der Waals surface area contributed by atoms with Crippen LogP contribution in [0.4, 0.5) is 5.13 Å². The van der Waals surface area contributed by atoms with Crippen molar-refractivity contribution in [3.8, 4) is 11.3 Å². The van der Waals surface area contributed by atoms with Crippen LogP contribution in [-0.2, 0) is 13.8 Å². The molecule has 2 aromatic rings. The first-order chi connectivity index (χ1) is 10.3. The highest BCUT2D eigenvalue weighted by Crippen LogP contribution is 2.32. The van der Waals surface area contributed by atoms with Crippen molar-refractivity contribution < 1.29 is 13.2 Å². The number of aromatic nitrogens is 1. The topological polar surface area (TPSA) is 67.3 Å². The summed E-state index contributed by atoms with van der Waals surface area (Å²) < 4.78 is 22.8. The summed E-state index contributed by atoms with van der Waals surface area (Å²) in [6.07, 6.45) is -0.0920. The third-order valence-electron chi connectivity index (χ3n) is 3.56. The molecule has 0 radical (unpaired) electrons. The van der Waals surface area contributed by atoms with E-state index in [4.69, 9.17) is 10.7 Å². The average Bonchev–Trinajstić information content (AvgIpc) is 3.05. The highest BCUT2D eigenvalue weighted by molar-refractivity contribution is 8.14. The van der Waals surface area contributed by atoms with E-state index in [1.165, 1.54) is 16.2 Å². The number of halogens is 1. The molecule has 8 heteroatoms. The molecular formula is C14H13ClN2O3S2. The summed E-state index contributed by atoms with van der Waals surface area (Å²) in [5.74, 6) is -0.265. The maximum atomic E-state index is 12.0. The van der Waals surface area contributed by atoms with E-state index in [-0.39, 0.29) is 18.9 Å². The molecule has 2 heterocycles. The quantitative estimate of drug-likeness (QED) is 0.793. The fourth-order valence-corrected chi connectivity index (χ4v) is 4.18. The minimum atomic E-state index is -3.74. The van der Waals surface area contributed by atoms with Crippen LogP contribution in [0.25, 0.3) is 11.3 Å². The van der Waals surface area contributed by atoms with E-state index < -0.39 is 14.3 Å². The SMILES string of the molecule is Cc1ccc(-c2csc(N3CC(S(=O)(=O)Cl)CC3=O)n2)cc1. The molecule has 1 aliphatic rings. The van der Waals surface area contributed by atoms with Crippen LogP contribution in [-0.4, -0.2) is 31.1 Å². The predicted octanol–water partition coefficient (Wildman–Crippen LogP) is 2.79. The number of hydrogen-bond acceptors (Lipinski definition) is 5. The summed E-state index contributed by atoms with van der Waals surface area (Å²) in [6.45, 7) is 2.07. The Balaban J connectivity index is 1.85.